The third kappa shape index (κ3) is 5.64. The Kier molecular flexibility index (Phi) is 8.03. The summed E-state index contributed by atoms with van der Waals surface area (Å²) in [7, 11) is 0. The van der Waals surface area contributed by atoms with Crippen LogP contribution >= 0.6 is 48.0 Å². The Balaban J connectivity index is 1.03. The number of carbonyl (C=O) groups excluding carboxylic acids is 4. The number of thioether (sulfide) groups is 2. The first-order chi connectivity index (χ1) is 22.3. The quantitative estimate of drug-likeness (QED) is 0.104. The Morgan fingerprint density at radius 3 is 1.54 bits per heavy atom. The van der Waals surface area contributed by atoms with Gasteiger partial charge in [0.25, 0.3) is 11.8 Å². The topological polar surface area (TPSA) is 106 Å². The van der Waals surface area contributed by atoms with Gasteiger partial charge in [-0.15, -0.1) is 0 Å². The number of amides is 2. The number of hydrogen-bond acceptors (Lipinski definition) is 8. The number of para-hydroxylation sites is 2. The molecule has 2 fully saturated rings. The van der Waals surface area contributed by atoms with E-state index in [-0.39, 0.29) is 46.3 Å². The van der Waals surface area contributed by atoms with Crippen molar-refractivity contribution >= 4 is 102 Å². The van der Waals surface area contributed by atoms with E-state index < -0.39 is 0 Å². The van der Waals surface area contributed by atoms with Crippen LogP contribution in [0.2, 0.25) is 0 Å². The van der Waals surface area contributed by atoms with E-state index >= 15 is 0 Å². The molecule has 2 aromatic heterocycles. The summed E-state index contributed by atoms with van der Waals surface area (Å²) in [5.74, 6) is -1.23. The molecule has 4 heterocycles. The van der Waals surface area contributed by atoms with Crippen LogP contribution < -0.4 is 0 Å². The summed E-state index contributed by atoms with van der Waals surface area (Å²) in [6.45, 7) is 0.406. The van der Waals surface area contributed by atoms with Crippen molar-refractivity contribution in [3.05, 3.63) is 129 Å². The Morgan fingerprint density at radius 2 is 1.09 bits per heavy atom. The molecule has 0 aliphatic carbocycles. The van der Waals surface area contributed by atoms with Gasteiger partial charge in [-0.3, -0.25) is 29.0 Å². The van der Waals surface area contributed by atoms with E-state index in [1.165, 1.54) is 22.0 Å². The van der Waals surface area contributed by atoms with Gasteiger partial charge in [0.05, 0.1) is 22.9 Å². The van der Waals surface area contributed by atoms with E-state index in [1.54, 1.807) is 12.4 Å². The number of H-pyrrole nitrogens is 2. The average Bonchev–Trinajstić information content (AvgIpc) is 3.80. The van der Waals surface area contributed by atoms with Gasteiger partial charge < -0.3 is 9.97 Å². The number of hydrogen-bond donors (Lipinski definition) is 2. The molecule has 0 bridgehead atoms. The number of thiocarbonyl (C=S) groups is 2. The first-order valence-corrected chi connectivity index (χ1v) is 16.5. The number of fused-ring (bicyclic) bond motifs is 2. The molecule has 2 aliphatic heterocycles. The van der Waals surface area contributed by atoms with Gasteiger partial charge in [-0.25, -0.2) is 0 Å². The molecule has 0 unspecified atom stereocenters. The Morgan fingerprint density at radius 1 is 0.652 bits per heavy atom. The predicted molar refractivity (Wildman–Crippen MR) is 189 cm³/mol. The fraction of sp³-hybridized carbons (Fsp3) is 0.0588. The van der Waals surface area contributed by atoms with Gasteiger partial charge in [0.1, 0.15) is 8.64 Å². The number of allylic oxidation sites excluding steroid dienone is 2. The van der Waals surface area contributed by atoms with Crippen LogP contribution in [0.3, 0.4) is 0 Å². The highest BCUT2D eigenvalue weighted by Crippen LogP contribution is 2.35. The molecule has 3 aromatic carbocycles. The minimum atomic E-state index is -0.337. The second kappa shape index (κ2) is 12.3. The third-order valence-corrected chi connectivity index (χ3v) is 10.4. The van der Waals surface area contributed by atoms with Crippen LogP contribution in [-0.4, -0.2) is 51.8 Å². The molecule has 5 aromatic rings. The zero-order chi connectivity index (χ0) is 31.9. The molecular formula is C34H22N4O4S4. The first-order valence-electron chi connectivity index (χ1n) is 14.1. The van der Waals surface area contributed by atoms with Crippen LogP contribution in [0.4, 0.5) is 0 Å². The Labute approximate surface area is 281 Å². The zero-order valence-corrected chi connectivity index (χ0v) is 27.1. The number of benzene rings is 3. The number of nitrogens with one attached hydrogen (secondary N) is 2. The maximum atomic E-state index is 13.3. The SMILES string of the molecule is O=C(/C=C1\SC(=S)N(Cc2cccc(CN3C(=O)/C(=C/C(=O)c4c[nH]c5ccccc45)SC3=S)c2)C1=O)c1c[nH]c2ccccc12. The second-order valence-electron chi connectivity index (χ2n) is 10.6. The number of aromatic amines is 2. The summed E-state index contributed by atoms with van der Waals surface area (Å²) in [4.78, 5) is 62.3. The molecule has 0 spiro atoms. The lowest BCUT2D eigenvalue weighted by atomic mass is 10.1. The van der Waals surface area contributed by atoms with Crippen molar-refractivity contribution in [3.8, 4) is 0 Å². The van der Waals surface area contributed by atoms with Crippen LogP contribution in [0.15, 0.2) is 107 Å². The molecule has 226 valence electrons. The van der Waals surface area contributed by atoms with E-state index in [0.717, 1.165) is 56.5 Å². The maximum absolute atomic E-state index is 13.3. The Bertz CT molecular complexity index is 2060. The number of aromatic nitrogens is 2. The van der Waals surface area contributed by atoms with Gasteiger partial charge >= 0.3 is 0 Å². The normalized spacial score (nSPS) is 17.0. The molecule has 0 radical (unpaired) electrons. The van der Waals surface area contributed by atoms with Crippen LogP contribution in [0.5, 0.6) is 0 Å². The van der Waals surface area contributed by atoms with Gasteiger partial charge in [-0.2, -0.15) is 0 Å². The Hall–Kier alpha value is -4.62. The largest absolute Gasteiger partial charge is 0.360 e. The van der Waals surface area contributed by atoms with Crippen molar-refractivity contribution in [3.63, 3.8) is 0 Å². The summed E-state index contributed by atoms with van der Waals surface area (Å²) >= 11 is 13.2. The molecule has 8 nitrogen and oxygen atoms in total. The summed E-state index contributed by atoms with van der Waals surface area (Å²) in [5.41, 5.74) is 4.26. The highest BCUT2D eigenvalue weighted by Gasteiger charge is 2.34. The maximum Gasteiger partial charge on any atom is 0.266 e. The van der Waals surface area contributed by atoms with Crippen LogP contribution in [0.1, 0.15) is 31.8 Å². The lowest BCUT2D eigenvalue weighted by Gasteiger charge is -2.17. The molecule has 2 aliphatic rings. The molecule has 2 amide bonds. The zero-order valence-electron chi connectivity index (χ0n) is 23.8. The monoisotopic (exact) mass is 678 g/mol. The molecular weight excluding hydrogens is 657 g/mol. The van der Waals surface area contributed by atoms with Gasteiger partial charge in [0.15, 0.2) is 11.6 Å². The first kappa shape index (κ1) is 30.1. The highest BCUT2D eigenvalue weighted by molar-refractivity contribution is 8.27. The minimum absolute atomic E-state index is 0.203. The molecule has 12 heteroatoms. The predicted octanol–water partition coefficient (Wildman–Crippen LogP) is 6.90. The lowest BCUT2D eigenvalue weighted by Crippen LogP contribution is -2.28. The van der Waals surface area contributed by atoms with Crippen LogP contribution in [0.25, 0.3) is 21.8 Å². The number of carbonyl (C=O) groups is 4. The van der Waals surface area contributed by atoms with Gasteiger partial charge in [-0.05, 0) is 23.3 Å². The molecule has 0 atom stereocenters. The second-order valence-corrected chi connectivity index (χ2v) is 13.9. The van der Waals surface area contributed by atoms with Gasteiger partial charge in [0.2, 0.25) is 0 Å². The molecule has 46 heavy (non-hydrogen) atoms. The van der Waals surface area contributed by atoms with E-state index in [0.29, 0.717) is 19.8 Å². The summed E-state index contributed by atoms with van der Waals surface area (Å²) in [6.07, 6.45) is 5.98. The highest BCUT2D eigenvalue weighted by atomic mass is 32.2. The van der Waals surface area contributed by atoms with Crippen molar-refractivity contribution in [2.24, 2.45) is 0 Å². The van der Waals surface area contributed by atoms with Crippen molar-refractivity contribution in [2.75, 3.05) is 0 Å². The third-order valence-electron chi connectivity index (χ3n) is 7.65. The molecule has 2 saturated heterocycles. The van der Waals surface area contributed by atoms with Crippen molar-refractivity contribution < 1.29 is 19.2 Å². The van der Waals surface area contributed by atoms with Gasteiger partial charge in [0, 0.05) is 57.5 Å². The lowest BCUT2D eigenvalue weighted by molar-refractivity contribution is -0.123. The number of nitrogens with zero attached hydrogens (tertiary/aromatic N) is 2. The summed E-state index contributed by atoms with van der Waals surface area (Å²) < 4.78 is 0.714. The summed E-state index contributed by atoms with van der Waals surface area (Å²) in [5, 5.41) is 1.57. The fourth-order valence-electron chi connectivity index (χ4n) is 5.41. The van der Waals surface area contributed by atoms with E-state index in [2.05, 4.69) is 9.97 Å². The molecule has 0 saturated carbocycles. The smallest absolute Gasteiger partial charge is 0.266 e. The van der Waals surface area contributed by atoms with Crippen LogP contribution in [0, 0.1) is 0 Å². The van der Waals surface area contributed by atoms with Crippen molar-refractivity contribution in [2.45, 2.75) is 13.1 Å². The van der Waals surface area contributed by atoms with E-state index in [9.17, 15) is 19.2 Å². The fourth-order valence-corrected chi connectivity index (χ4v) is 7.86. The minimum Gasteiger partial charge on any atom is -0.360 e. The van der Waals surface area contributed by atoms with Crippen molar-refractivity contribution in [1.29, 1.82) is 0 Å². The van der Waals surface area contributed by atoms with Crippen LogP contribution in [-0.2, 0) is 22.7 Å². The van der Waals surface area contributed by atoms with E-state index in [4.69, 9.17) is 24.4 Å². The number of ketones is 2. The standard InChI is InChI=1S/C34H22N4O4S4/c39-27(23-15-35-25-10-3-1-8-21(23)25)13-29-31(41)37(33(43)45-29)17-19-6-5-7-20(12-19)18-38-32(42)30(46-34(38)44)14-28(40)24-16-36-26-11-4-2-9-22(24)26/h1-16,35-36H,17-18H2/b29-13-,30-14-. The number of rotatable bonds is 8. The van der Waals surface area contributed by atoms with Gasteiger partial charge in [-0.1, -0.05) is 109 Å². The summed E-state index contributed by atoms with van der Waals surface area (Å²) in [6, 6.07) is 22.4. The van der Waals surface area contributed by atoms with E-state index in [1.807, 2.05) is 72.8 Å². The molecule has 7 rings (SSSR count). The van der Waals surface area contributed by atoms with Crippen molar-refractivity contribution in [1.82, 2.24) is 19.8 Å². The average molecular weight is 679 g/mol. The molecule has 2 N–H and O–H groups in total.